The molecule has 0 saturated carbocycles. The smallest absolute Gasteiger partial charge is 0.215 e. The molecule has 0 unspecified atom stereocenters. The molecule has 1 aromatic rings. The molecular weight excluding hydrogens is 261 g/mol. The maximum atomic E-state index is 12.0. The Labute approximate surface area is 110 Å². The fourth-order valence-electron chi connectivity index (χ4n) is 1.71. The van der Waals surface area contributed by atoms with Gasteiger partial charge < -0.3 is 0 Å². The number of benzene rings is 1. The zero-order valence-corrected chi connectivity index (χ0v) is 10.9. The summed E-state index contributed by atoms with van der Waals surface area (Å²) >= 11 is 11.7. The average molecular weight is 273 g/mol. The third-order valence-electron chi connectivity index (χ3n) is 2.73. The van der Waals surface area contributed by atoms with E-state index in [0.29, 0.717) is 28.6 Å². The predicted molar refractivity (Wildman–Crippen MR) is 67.2 cm³/mol. The number of carbonyl (C=O) groups excluding carboxylic acids is 1. The van der Waals surface area contributed by atoms with Gasteiger partial charge in [-0.1, -0.05) is 23.2 Å². The number of hydrogen-bond acceptors (Lipinski definition) is 2. The van der Waals surface area contributed by atoms with Crippen molar-refractivity contribution in [1.29, 1.82) is 0 Å². The normalized spacial score (nSPS) is 15.0. The fourth-order valence-corrected chi connectivity index (χ4v) is 2.00. The third kappa shape index (κ3) is 2.79. The molecule has 3 nitrogen and oxygen atoms in total. The number of rotatable bonds is 3. The van der Waals surface area contributed by atoms with Crippen LogP contribution in [0, 0.1) is 0 Å². The molecule has 0 aromatic heterocycles. The molecule has 0 fully saturated rings. The summed E-state index contributed by atoms with van der Waals surface area (Å²) in [6.45, 7) is 0.639. The van der Waals surface area contributed by atoms with E-state index in [1.54, 1.807) is 22.9 Å². The first-order valence-corrected chi connectivity index (χ1v) is 6.03. The molecule has 0 radical (unpaired) electrons. The molecule has 0 bridgehead atoms. The zero-order valence-electron chi connectivity index (χ0n) is 9.37. The minimum absolute atomic E-state index is 0.0240. The summed E-state index contributed by atoms with van der Waals surface area (Å²) in [7, 11) is 1.81. The van der Waals surface area contributed by atoms with Gasteiger partial charge in [0.25, 0.3) is 0 Å². The molecule has 17 heavy (non-hydrogen) atoms. The standard InChI is InChI=1S/C12H12Cl2NO2/c1-15-9(4-5-17-15)7-12(16)8-2-3-10(13)11(14)6-8/h2-3,6H,4-5,7H2,1H3/q+1. The first-order valence-electron chi connectivity index (χ1n) is 5.27. The van der Waals surface area contributed by atoms with Crippen LogP contribution in [-0.4, -0.2) is 29.9 Å². The lowest BCUT2D eigenvalue weighted by molar-refractivity contribution is -0.758. The molecule has 0 amide bonds. The Morgan fingerprint density at radius 2 is 2.18 bits per heavy atom. The van der Waals surface area contributed by atoms with Crippen molar-refractivity contribution in [3.63, 3.8) is 0 Å². The summed E-state index contributed by atoms with van der Waals surface area (Å²) in [5.41, 5.74) is 1.56. The van der Waals surface area contributed by atoms with Crippen LogP contribution >= 0.6 is 23.2 Å². The van der Waals surface area contributed by atoms with Crippen LogP contribution in [0.25, 0.3) is 0 Å². The van der Waals surface area contributed by atoms with Gasteiger partial charge >= 0.3 is 0 Å². The van der Waals surface area contributed by atoms with Crippen molar-refractivity contribution in [2.75, 3.05) is 13.7 Å². The number of nitrogens with zero attached hydrogens (tertiary/aromatic N) is 1. The number of ketones is 1. The summed E-state index contributed by atoms with van der Waals surface area (Å²) in [5, 5.41) is 0.857. The van der Waals surface area contributed by atoms with Crippen molar-refractivity contribution in [1.82, 2.24) is 0 Å². The lowest BCUT2D eigenvalue weighted by atomic mass is 10.0. The number of hydroxylamine groups is 1. The van der Waals surface area contributed by atoms with Gasteiger partial charge in [0.2, 0.25) is 5.71 Å². The maximum absolute atomic E-state index is 12.0. The molecule has 1 heterocycles. The van der Waals surface area contributed by atoms with Gasteiger partial charge in [0, 0.05) is 5.56 Å². The molecule has 1 aliphatic rings. The van der Waals surface area contributed by atoms with E-state index in [-0.39, 0.29) is 5.78 Å². The summed E-state index contributed by atoms with van der Waals surface area (Å²) in [5.74, 6) is 0.0240. The highest BCUT2D eigenvalue weighted by molar-refractivity contribution is 6.42. The first-order chi connectivity index (χ1) is 8.08. The van der Waals surface area contributed by atoms with E-state index in [9.17, 15) is 4.79 Å². The topological polar surface area (TPSA) is 29.3 Å². The predicted octanol–water partition coefficient (Wildman–Crippen LogP) is 2.98. The number of Topliss-reactive ketones (excluding diaryl/α,β-unsaturated/α-hetero) is 1. The quantitative estimate of drug-likeness (QED) is 0.626. The van der Waals surface area contributed by atoms with Crippen LogP contribution in [0.15, 0.2) is 18.2 Å². The second-order valence-electron chi connectivity index (χ2n) is 3.88. The lowest BCUT2D eigenvalue weighted by Gasteiger charge is -2.00. The number of hydrogen-bond donors (Lipinski definition) is 0. The van der Waals surface area contributed by atoms with Crippen molar-refractivity contribution >= 4 is 34.7 Å². The van der Waals surface area contributed by atoms with Gasteiger partial charge in [0.1, 0.15) is 0 Å². The Morgan fingerprint density at radius 1 is 1.41 bits per heavy atom. The Kier molecular flexibility index (Phi) is 3.69. The summed E-state index contributed by atoms with van der Waals surface area (Å²) < 4.78 is 1.66. The van der Waals surface area contributed by atoms with Crippen LogP contribution in [0.2, 0.25) is 10.0 Å². The van der Waals surface area contributed by atoms with Crippen LogP contribution in [0.3, 0.4) is 0 Å². The second-order valence-corrected chi connectivity index (χ2v) is 4.69. The van der Waals surface area contributed by atoms with Gasteiger partial charge in [0.05, 0.1) is 22.9 Å². The van der Waals surface area contributed by atoms with Crippen LogP contribution in [-0.2, 0) is 4.84 Å². The minimum atomic E-state index is 0.0240. The highest BCUT2D eigenvalue weighted by Gasteiger charge is 2.24. The summed E-state index contributed by atoms with van der Waals surface area (Å²) in [4.78, 5) is 17.2. The van der Waals surface area contributed by atoms with E-state index in [0.717, 1.165) is 12.1 Å². The average Bonchev–Trinajstić information content (AvgIpc) is 2.68. The Hall–Kier alpha value is -1.06. The first kappa shape index (κ1) is 12.4. The van der Waals surface area contributed by atoms with Crippen molar-refractivity contribution in [3.05, 3.63) is 33.8 Å². The van der Waals surface area contributed by atoms with Gasteiger partial charge in [-0.2, -0.15) is 0 Å². The number of carbonyl (C=O) groups is 1. The fraction of sp³-hybridized carbons (Fsp3) is 0.333. The van der Waals surface area contributed by atoms with E-state index in [1.165, 1.54) is 0 Å². The SMILES string of the molecule is C[N+]1=C(CC(=O)c2ccc(Cl)c(Cl)c2)CCO1. The molecule has 90 valence electrons. The molecule has 5 heteroatoms. The van der Waals surface area contributed by atoms with Crippen molar-refractivity contribution in [3.8, 4) is 0 Å². The minimum Gasteiger partial charge on any atom is -0.294 e. The molecule has 0 aliphatic carbocycles. The van der Waals surface area contributed by atoms with E-state index in [4.69, 9.17) is 28.0 Å². The summed E-state index contributed by atoms with van der Waals surface area (Å²) in [6, 6.07) is 4.92. The van der Waals surface area contributed by atoms with Crippen molar-refractivity contribution in [2.45, 2.75) is 12.8 Å². The van der Waals surface area contributed by atoms with Crippen LogP contribution < -0.4 is 0 Å². The Balaban J connectivity index is 2.15. The third-order valence-corrected chi connectivity index (χ3v) is 3.47. The van der Waals surface area contributed by atoms with Crippen molar-refractivity contribution in [2.24, 2.45) is 0 Å². The van der Waals surface area contributed by atoms with Crippen molar-refractivity contribution < 1.29 is 14.4 Å². The van der Waals surface area contributed by atoms with E-state index in [1.807, 2.05) is 7.05 Å². The largest absolute Gasteiger partial charge is 0.294 e. The molecule has 1 aromatic carbocycles. The van der Waals surface area contributed by atoms with Gasteiger partial charge in [-0.05, 0) is 22.9 Å². The molecule has 0 saturated heterocycles. The molecule has 1 aliphatic heterocycles. The van der Waals surface area contributed by atoms with Crippen LogP contribution in [0.5, 0.6) is 0 Å². The molecule has 0 spiro atoms. The van der Waals surface area contributed by atoms with E-state index in [2.05, 4.69) is 0 Å². The highest BCUT2D eigenvalue weighted by atomic mass is 35.5. The Bertz CT molecular complexity index is 497. The van der Waals surface area contributed by atoms with E-state index < -0.39 is 0 Å². The zero-order chi connectivity index (χ0) is 12.4. The van der Waals surface area contributed by atoms with E-state index >= 15 is 0 Å². The second kappa shape index (κ2) is 5.07. The molecule has 2 rings (SSSR count). The van der Waals surface area contributed by atoms with Crippen LogP contribution in [0.4, 0.5) is 0 Å². The maximum Gasteiger partial charge on any atom is 0.215 e. The molecule has 0 N–H and O–H groups in total. The van der Waals surface area contributed by atoms with Crippen LogP contribution in [0.1, 0.15) is 23.2 Å². The number of halogens is 2. The van der Waals surface area contributed by atoms with Gasteiger partial charge in [-0.15, -0.1) is 0 Å². The van der Waals surface area contributed by atoms with Gasteiger partial charge in [-0.25, -0.2) is 0 Å². The molecular formula is C12H12Cl2NO2+. The summed E-state index contributed by atoms with van der Waals surface area (Å²) in [6.07, 6.45) is 1.15. The Morgan fingerprint density at radius 3 is 2.76 bits per heavy atom. The highest BCUT2D eigenvalue weighted by Crippen LogP contribution is 2.23. The van der Waals surface area contributed by atoms with Gasteiger partial charge in [-0.3, -0.25) is 9.63 Å². The molecule has 0 atom stereocenters. The monoisotopic (exact) mass is 272 g/mol. The lowest BCUT2D eigenvalue weighted by Crippen LogP contribution is -2.13. The van der Waals surface area contributed by atoms with Gasteiger partial charge in [0.15, 0.2) is 19.4 Å².